The summed E-state index contributed by atoms with van der Waals surface area (Å²) in [6, 6.07) is 8.22. The molecule has 1 aliphatic rings. The van der Waals surface area contributed by atoms with Gasteiger partial charge in [0.1, 0.15) is 5.75 Å². The fourth-order valence-electron chi connectivity index (χ4n) is 3.71. The molecule has 0 unspecified atom stereocenters. The van der Waals surface area contributed by atoms with Gasteiger partial charge in [-0.1, -0.05) is 31.9 Å². The second-order valence-electron chi connectivity index (χ2n) is 6.77. The number of hydrogen-bond donors (Lipinski definition) is 1. The maximum absolute atomic E-state index is 12.6. The van der Waals surface area contributed by atoms with Crippen LogP contribution in [0.4, 0.5) is 0 Å². The first-order chi connectivity index (χ1) is 12.1. The zero-order valence-electron chi connectivity index (χ0n) is 15.2. The second kappa shape index (κ2) is 7.30. The Morgan fingerprint density at radius 2 is 1.96 bits per heavy atom. The van der Waals surface area contributed by atoms with Crippen LogP contribution >= 0.6 is 0 Å². The maximum Gasteiger partial charge on any atom is 0.289 e. The number of nitrogens with one attached hydrogen (secondary N) is 1. The first-order valence-corrected chi connectivity index (χ1v) is 8.97. The molecule has 0 aliphatic heterocycles. The molecule has 1 amide bonds. The molecule has 1 fully saturated rings. The third-order valence-corrected chi connectivity index (χ3v) is 5.20. The zero-order chi connectivity index (χ0) is 17.9. The number of benzene rings is 1. The van der Waals surface area contributed by atoms with Crippen molar-refractivity contribution in [2.24, 2.45) is 0 Å². The van der Waals surface area contributed by atoms with E-state index in [0.717, 1.165) is 18.6 Å². The summed E-state index contributed by atoms with van der Waals surface area (Å²) in [6.45, 7) is 4.39. The van der Waals surface area contributed by atoms with Crippen molar-refractivity contribution in [3.8, 4) is 5.75 Å². The first kappa shape index (κ1) is 17.5. The number of ether oxygens (including phenoxy) is 1. The molecule has 5 nitrogen and oxygen atoms in total. The number of oxazole rings is 1. The molecule has 2 aromatic rings. The van der Waals surface area contributed by atoms with Gasteiger partial charge in [0, 0.05) is 18.4 Å². The van der Waals surface area contributed by atoms with Crippen molar-refractivity contribution < 1.29 is 13.9 Å². The highest BCUT2D eigenvalue weighted by molar-refractivity contribution is 5.92. The van der Waals surface area contributed by atoms with Crippen molar-refractivity contribution >= 4 is 5.91 Å². The number of amides is 1. The van der Waals surface area contributed by atoms with Crippen molar-refractivity contribution in [3.63, 3.8) is 0 Å². The highest BCUT2D eigenvalue weighted by atomic mass is 16.5. The minimum atomic E-state index is -0.176. The van der Waals surface area contributed by atoms with Crippen LogP contribution in [0.5, 0.6) is 5.75 Å². The van der Waals surface area contributed by atoms with E-state index in [4.69, 9.17) is 9.15 Å². The van der Waals surface area contributed by atoms with E-state index >= 15 is 0 Å². The third kappa shape index (κ3) is 3.55. The summed E-state index contributed by atoms with van der Waals surface area (Å²) in [7, 11) is 1.67. The van der Waals surface area contributed by atoms with E-state index in [0.29, 0.717) is 30.3 Å². The van der Waals surface area contributed by atoms with Crippen LogP contribution in [0.15, 0.2) is 28.7 Å². The number of carbonyl (C=O) groups excluding carboxylic acids is 1. The molecular weight excluding hydrogens is 316 g/mol. The normalized spacial score (nSPS) is 16.0. The molecule has 0 atom stereocenters. The third-order valence-electron chi connectivity index (χ3n) is 5.20. The molecule has 1 heterocycles. The fraction of sp³-hybridized carbons (Fsp3) is 0.500. The predicted octanol–water partition coefficient (Wildman–Crippen LogP) is 3.80. The minimum absolute atomic E-state index is 0.0105. The van der Waals surface area contributed by atoms with Crippen LogP contribution in [0, 0.1) is 6.92 Å². The molecule has 25 heavy (non-hydrogen) atoms. The van der Waals surface area contributed by atoms with Gasteiger partial charge in [-0.05, 0) is 37.5 Å². The van der Waals surface area contributed by atoms with E-state index in [1.54, 1.807) is 7.11 Å². The quantitative estimate of drug-likeness (QED) is 0.867. The predicted molar refractivity (Wildman–Crippen MR) is 96.1 cm³/mol. The summed E-state index contributed by atoms with van der Waals surface area (Å²) < 4.78 is 10.8. The van der Waals surface area contributed by atoms with E-state index < -0.39 is 0 Å². The average molecular weight is 342 g/mol. The van der Waals surface area contributed by atoms with E-state index in [9.17, 15) is 4.79 Å². The molecule has 0 spiro atoms. The number of hydrogen-bond acceptors (Lipinski definition) is 4. The molecule has 0 radical (unpaired) electrons. The van der Waals surface area contributed by atoms with Gasteiger partial charge in [-0.15, -0.1) is 0 Å². The molecule has 1 N–H and O–H groups in total. The number of aromatic nitrogens is 1. The van der Waals surface area contributed by atoms with Crippen LogP contribution in [0.2, 0.25) is 0 Å². The number of methoxy groups -OCH3 is 1. The molecular formula is C20H26N2O3. The molecule has 1 aliphatic carbocycles. The summed E-state index contributed by atoms with van der Waals surface area (Å²) in [5.74, 6) is 1.61. The Morgan fingerprint density at radius 1 is 1.28 bits per heavy atom. The SMILES string of the molecule is CCc1nc(C)c(C(=O)NCC2(c3ccc(OC)cc3)CCCC2)o1. The van der Waals surface area contributed by atoms with Gasteiger partial charge >= 0.3 is 0 Å². The van der Waals surface area contributed by atoms with Crippen LogP contribution in [0.3, 0.4) is 0 Å². The van der Waals surface area contributed by atoms with Gasteiger partial charge in [0.15, 0.2) is 5.89 Å². The summed E-state index contributed by atoms with van der Waals surface area (Å²) in [5, 5.41) is 3.08. The molecule has 0 bridgehead atoms. The molecule has 3 rings (SSSR count). The average Bonchev–Trinajstić information content (AvgIpc) is 3.27. The topological polar surface area (TPSA) is 64.4 Å². The highest BCUT2D eigenvalue weighted by Crippen LogP contribution is 2.41. The fourth-order valence-corrected chi connectivity index (χ4v) is 3.71. The maximum atomic E-state index is 12.6. The molecule has 1 aromatic heterocycles. The van der Waals surface area contributed by atoms with Crippen molar-refractivity contribution in [2.75, 3.05) is 13.7 Å². The first-order valence-electron chi connectivity index (χ1n) is 8.97. The Balaban J connectivity index is 1.75. The minimum Gasteiger partial charge on any atom is -0.497 e. The standard InChI is InChI=1S/C20H26N2O3/c1-4-17-22-14(2)18(25-17)19(23)21-13-20(11-5-6-12-20)15-7-9-16(24-3)10-8-15/h7-10H,4-6,11-13H2,1-3H3,(H,21,23). The Morgan fingerprint density at radius 3 is 2.52 bits per heavy atom. The lowest BCUT2D eigenvalue weighted by Crippen LogP contribution is -2.39. The van der Waals surface area contributed by atoms with E-state index in [2.05, 4.69) is 22.4 Å². The lowest BCUT2D eigenvalue weighted by Gasteiger charge is -2.30. The lowest BCUT2D eigenvalue weighted by molar-refractivity contribution is 0.0912. The molecule has 0 saturated heterocycles. The van der Waals surface area contributed by atoms with E-state index in [-0.39, 0.29) is 11.3 Å². The van der Waals surface area contributed by atoms with E-state index in [1.165, 1.54) is 18.4 Å². The molecule has 1 aromatic carbocycles. The Hall–Kier alpha value is -2.30. The van der Waals surface area contributed by atoms with Gasteiger partial charge < -0.3 is 14.5 Å². The number of aryl methyl sites for hydroxylation is 2. The van der Waals surface area contributed by atoms with Crippen LogP contribution < -0.4 is 10.1 Å². The number of rotatable bonds is 6. The van der Waals surface area contributed by atoms with Crippen LogP contribution in [-0.2, 0) is 11.8 Å². The zero-order valence-corrected chi connectivity index (χ0v) is 15.2. The van der Waals surface area contributed by atoms with Crippen LogP contribution in [0.25, 0.3) is 0 Å². The Kier molecular flexibility index (Phi) is 5.11. The number of carbonyl (C=O) groups is 1. The summed E-state index contributed by atoms with van der Waals surface area (Å²) in [5.41, 5.74) is 1.90. The van der Waals surface area contributed by atoms with Crippen molar-refractivity contribution in [1.29, 1.82) is 0 Å². The van der Waals surface area contributed by atoms with Gasteiger partial charge in [0.2, 0.25) is 5.76 Å². The van der Waals surface area contributed by atoms with Crippen LogP contribution in [-0.4, -0.2) is 24.5 Å². The van der Waals surface area contributed by atoms with Crippen molar-refractivity contribution in [1.82, 2.24) is 10.3 Å². The van der Waals surface area contributed by atoms with E-state index in [1.807, 2.05) is 26.0 Å². The Bertz CT molecular complexity index is 728. The van der Waals surface area contributed by atoms with Gasteiger partial charge in [-0.25, -0.2) is 4.98 Å². The van der Waals surface area contributed by atoms with Gasteiger partial charge in [-0.3, -0.25) is 4.79 Å². The summed E-state index contributed by atoms with van der Waals surface area (Å²) >= 11 is 0. The summed E-state index contributed by atoms with van der Waals surface area (Å²) in [6.07, 6.45) is 5.21. The van der Waals surface area contributed by atoms with Crippen molar-refractivity contribution in [3.05, 3.63) is 47.2 Å². The highest BCUT2D eigenvalue weighted by Gasteiger charge is 2.36. The monoisotopic (exact) mass is 342 g/mol. The smallest absolute Gasteiger partial charge is 0.289 e. The van der Waals surface area contributed by atoms with Crippen LogP contribution in [0.1, 0.15) is 60.3 Å². The molecule has 134 valence electrons. The van der Waals surface area contributed by atoms with Crippen molar-refractivity contribution in [2.45, 2.75) is 51.4 Å². The molecule has 5 heteroatoms. The van der Waals surface area contributed by atoms with Gasteiger partial charge in [0.05, 0.1) is 12.8 Å². The lowest BCUT2D eigenvalue weighted by atomic mass is 9.78. The summed E-state index contributed by atoms with van der Waals surface area (Å²) in [4.78, 5) is 16.8. The largest absolute Gasteiger partial charge is 0.497 e. The van der Waals surface area contributed by atoms with Gasteiger partial charge in [-0.2, -0.15) is 0 Å². The number of nitrogens with zero attached hydrogens (tertiary/aromatic N) is 1. The second-order valence-corrected chi connectivity index (χ2v) is 6.77. The van der Waals surface area contributed by atoms with Gasteiger partial charge in [0.25, 0.3) is 5.91 Å². The Labute approximate surface area is 148 Å². The molecule has 1 saturated carbocycles.